The van der Waals surface area contributed by atoms with Crippen molar-refractivity contribution < 1.29 is 18.7 Å². The minimum atomic E-state index is -0.384. The van der Waals surface area contributed by atoms with Crippen LogP contribution in [-0.4, -0.2) is 35.8 Å². The van der Waals surface area contributed by atoms with Crippen molar-refractivity contribution in [1.82, 2.24) is 15.4 Å². The summed E-state index contributed by atoms with van der Waals surface area (Å²) in [5.74, 6) is 1.40. The first-order valence-corrected chi connectivity index (χ1v) is 9.82. The molecular weight excluding hydrogens is 404 g/mol. The van der Waals surface area contributed by atoms with Gasteiger partial charge in [-0.25, -0.2) is 10.4 Å². The molecule has 30 heavy (non-hydrogen) atoms. The Morgan fingerprint density at radius 3 is 2.77 bits per heavy atom. The molecule has 0 bridgehead atoms. The Morgan fingerprint density at radius 2 is 1.97 bits per heavy atom. The van der Waals surface area contributed by atoms with Gasteiger partial charge in [-0.15, -0.1) is 0 Å². The molecule has 9 heteroatoms. The van der Waals surface area contributed by atoms with Gasteiger partial charge in [-0.3, -0.25) is 4.79 Å². The molecule has 0 aliphatic rings. The maximum absolute atomic E-state index is 11.8. The second kappa shape index (κ2) is 9.19. The number of ether oxygens (including phenoxy) is 2. The van der Waals surface area contributed by atoms with Crippen molar-refractivity contribution in [3.8, 4) is 11.5 Å². The van der Waals surface area contributed by atoms with Gasteiger partial charge in [0.1, 0.15) is 17.3 Å². The number of benzene rings is 2. The molecule has 0 spiro atoms. The molecule has 0 saturated carbocycles. The molecule has 0 aliphatic heterocycles. The predicted octanol–water partition coefficient (Wildman–Crippen LogP) is 3.84. The first kappa shape index (κ1) is 19.6. The molecule has 4 aromatic rings. The van der Waals surface area contributed by atoms with Crippen LogP contribution >= 0.6 is 11.8 Å². The molecule has 0 aliphatic carbocycles. The molecule has 0 fully saturated rings. The lowest BCUT2D eigenvalue weighted by Gasteiger charge is -2.05. The molecule has 4 rings (SSSR count). The van der Waals surface area contributed by atoms with Crippen LogP contribution in [0.25, 0.3) is 11.0 Å². The van der Waals surface area contributed by atoms with E-state index in [1.165, 1.54) is 18.0 Å². The Hall–Kier alpha value is -3.72. The van der Waals surface area contributed by atoms with Crippen LogP contribution in [0.4, 0.5) is 0 Å². The number of fused-ring (bicyclic) bond motifs is 1. The summed E-state index contributed by atoms with van der Waals surface area (Å²) in [7, 11) is 1.58. The minimum Gasteiger partial charge on any atom is -0.497 e. The van der Waals surface area contributed by atoms with Crippen LogP contribution < -0.4 is 14.9 Å². The number of furan rings is 1. The molecule has 2 N–H and O–H groups in total. The number of aromatic nitrogens is 2. The van der Waals surface area contributed by atoms with E-state index in [-0.39, 0.29) is 12.5 Å². The predicted molar refractivity (Wildman–Crippen MR) is 113 cm³/mol. The van der Waals surface area contributed by atoms with E-state index in [2.05, 4.69) is 20.5 Å². The topological polar surface area (TPSA) is 102 Å². The third-order valence-electron chi connectivity index (χ3n) is 3.98. The molecule has 2 aromatic heterocycles. The van der Waals surface area contributed by atoms with E-state index in [1.807, 2.05) is 30.3 Å². The smallest absolute Gasteiger partial charge is 0.277 e. The van der Waals surface area contributed by atoms with Gasteiger partial charge in [0.05, 0.1) is 24.4 Å². The molecule has 8 nitrogen and oxygen atoms in total. The fourth-order valence-corrected chi connectivity index (χ4v) is 3.32. The number of nitrogens with one attached hydrogen (secondary N) is 2. The highest BCUT2D eigenvalue weighted by Crippen LogP contribution is 2.28. The molecule has 0 saturated heterocycles. The number of nitrogens with zero attached hydrogens (tertiary/aromatic N) is 2. The Bertz CT molecular complexity index is 1130. The summed E-state index contributed by atoms with van der Waals surface area (Å²) < 4.78 is 16.1. The highest BCUT2D eigenvalue weighted by molar-refractivity contribution is 7.99. The number of hydrazone groups is 1. The van der Waals surface area contributed by atoms with Crippen LogP contribution in [0, 0.1) is 0 Å². The van der Waals surface area contributed by atoms with Crippen molar-refractivity contribution in [3.63, 3.8) is 0 Å². The quantitative estimate of drug-likeness (QED) is 0.330. The van der Waals surface area contributed by atoms with Gasteiger partial charge in [0.25, 0.3) is 5.91 Å². The second-order valence-corrected chi connectivity index (χ2v) is 7.07. The molecule has 0 unspecified atom stereocenters. The molecule has 1 amide bonds. The van der Waals surface area contributed by atoms with Crippen molar-refractivity contribution in [2.24, 2.45) is 5.10 Å². The Kier molecular flexibility index (Phi) is 6.00. The summed E-state index contributed by atoms with van der Waals surface area (Å²) in [5.41, 5.74) is 4.26. The molecular formula is C21H18N4O4S. The van der Waals surface area contributed by atoms with Gasteiger partial charge in [0.15, 0.2) is 16.9 Å². The Balaban J connectivity index is 1.26. The van der Waals surface area contributed by atoms with Crippen LogP contribution in [-0.2, 0) is 4.79 Å². The average molecular weight is 422 g/mol. The van der Waals surface area contributed by atoms with Crippen LogP contribution in [0.15, 0.2) is 80.4 Å². The third kappa shape index (κ3) is 5.00. The van der Waals surface area contributed by atoms with Crippen molar-refractivity contribution in [1.29, 1.82) is 0 Å². The Morgan fingerprint density at radius 1 is 1.17 bits per heavy atom. The largest absolute Gasteiger partial charge is 0.497 e. The number of hydrogen-bond donors (Lipinski definition) is 2. The summed E-state index contributed by atoms with van der Waals surface area (Å²) in [6.07, 6.45) is 1.42. The van der Waals surface area contributed by atoms with Crippen LogP contribution in [0.1, 0.15) is 5.76 Å². The third-order valence-corrected chi connectivity index (χ3v) is 4.78. The van der Waals surface area contributed by atoms with Crippen molar-refractivity contribution in [2.45, 2.75) is 10.2 Å². The highest BCUT2D eigenvalue weighted by atomic mass is 32.2. The zero-order valence-electron chi connectivity index (χ0n) is 16.0. The van der Waals surface area contributed by atoms with Crippen molar-refractivity contribution in [2.75, 3.05) is 13.7 Å². The summed E-state index contributed by atoms with van der Waals surface area (Å²) >= 11 is 1.37. The number of aromatic amines is 1. The van der Waals surface area contributed by atoms with Gasteiger partial charge in [-0.05, 0) is 60.3 Å². The van der Waals surface area contributed by atoms with E-state index < -0.39 is 0 Å². The number of amides is 1. The van der Waals surface area contributed by atoms with Gasteiger partial charge in [0.2, 0.25) is 0 Å². The van der Waals surface area contributed by atoms with Crippen LogP contribution in [0.2, 0.25) is 0 Å². The first-order chi connectivity index (χ1) is 14.7. The fourth-order valence-electron chi connectivity index (χ4n) is 2.55. The Labute approximate surface area is 176 Å². The number of carbonyl (C=O) groups excluding carboxylic acids is 1. The van der Waals surface area contributed by atoms with Crippen molar-refractivity contribution in [3.05, 3.63) is 66.4 Å². The zero-order chi connectivity index (χ0) is 20.8. The summed E-state index contributed by atoms with van der Waals surface area (Å²) in [6, 6.07) is 18.3. The monoisotopic (exact) mass is 422 g/mol. The van der Waals surface area contributed by atoms with E-state index in [1.54, 1.807) is 37.4 Å². The number of hydrogen-bond acceptors (Lipinski definition) is 7. The van der Waals surface area contributed by atoms with Gasteiger partial charge < -0.3 is 18.9 Å². The molecule has 152 valence electrons. The lowest BCUT2D eigenvalue weighted by Crippen LogP contribution is -2.24. The second-order valence-electron chi connectivity index (χ2n) is 6.08. The number of methoxy groups -OCH3 is 1. The molecule has 2 aromatic carbocycles. The van der Waals surface area contributed by atoms with Crippen molar-refractivity contribution >= 4 is 34.9 Å². The molecule has 0 atom stereocenters. The minimum absolute atomic E-state index is 0.158. The average Bonchev–Trinajstić information content (AvgIpc) is 3.39. The van der Waals surface area contributed by atoms with E-state index >= 15 is 0 Å². The van der Waals surface area contributed by atoms with E-state index in [0.717, 1.165) is 16.2 Å². The SMILES string of the molecule is COc1ccc(OCC(=O)NN=Cc2ccc(Sc3nc4ccccc4[nH]3)o2)cc1. The normalized spacial score (nSPS) is 11.1. The number of rotatable bonds is 8. The fraction of sp³-hybridized carbons (Fsp3) is 0.0952. The maximum atomic E-state index is 11.8. The highest BCUT2D eigenvalue weighted by Gasteiger charge is 2.08. The summed E-state index contributed by atoms with van der Waals surface area (Å²) in [6.45, 7) is -0.158. The lowest BCUT2D eigenvalue weighted by atomic mass is 10.3. The maximum Gasteiger partial charge on any atom is 0.277 e. The van der Waals surface area contributed by atoms with E-state index in [4.69, 9.17) is 13.9 Å². The standard InChI is InChI=1S/C21H18N4O4S/c1-27-14-6-8-15(9-7-14)28-13-19(26)25-22-12-16-10-11-20(29-16)30-21-23-17-4-2-3-5-18(17)24-21/h2-12H,13H2,1H3,(H,23,24)(H,25,26). The number of H-pyrrole nitrogens is 1. The van der Waals surface area contributed by atoms with Gasteiger partial charge in [-0.2, -0.15) is 5.10 Å². The lowest BCUT2D eigenvalue weighted by molar-refractivity contribution is -0.123. The number of para-hydroxylation sites is 2. The van der Waals surface area contributed by atoms with Gasteiger partial charge >= 0.3 is 0 Å². The van der Waals surface area contributed by atoms with Gasteiger partial charge in [0, 0.05) is 0 Å². The van der Waals surface area contributed by atoms with Crippen LogP contribution in [0.3, 0.4) is 0 Å². The molecule has 2 heterocycles. The van der Waals surface area contributed by atoms with E-state index in [9.17, 15) is 4.79 Å². The van der Waals surface area contributed by atoms with E-state index in [0.29, 0.717) is 22.4 Å². The first-order valence-electron chi connectivity index (χ1n) is 9.01. The summed E-state index contributed by atoms with van der Waals surface area (Å²) in [4.78, 5) is 19.6. The number of carbonyl (C=O) groups is 1. The zero-order valence-corrected chi connectivity index (χ0v) is 16.8. The van der Waals surface area contributed by atoms with Crippen LogP contribution in [0.5, 0.6) is 11.5 Å². The molecule has 0 radical (unpaired) electrons. The number of imidazole rings is 1. The van der Waals surface area contributed by atoms with Gasteiger partial charge in [-0.1, -0.05) is 12.1 Å². The summed E-state index contributed by atoms with van der Waals surface area (Å²) in [5, 5.41) is 5.28.